The number of nitrogens with two attached hydrogens (primary N) is 1. The lowest BCUT2D eigenvalue weighted by molar-refractivity contribution is 1.39. The second-order valence-electron chi connectivity index (χ2n) is 1.97. The first kappa shape index (κ1) is 10.4. The van der Waals surface area contributed by atoms with Crippen molar-refractivity contribution in [3.05, 3.63) is 49.1 Å². The summed E-state index contributed by atoms with van der Waals surface area (Å²) in [5, 5.41) is 0. The fourth-order valence-electron chi connectivity index (χ4n) is 0.738. The van der Waals surface area contributed by atoms with E-state index in [0.717, 1.165) is 5.56 Å². The van der Waals surface area contributed by atoms with Crippen LogP contribution in [-0.4, -0.2) is 12.9 Å². The molecule has 1 aromatic rings. The van der Waals surface area contributed by atoms with E-state index in [0.29, 0.717) is 5.84 Å². The van der Waals surface area contributed by atoms with Gasteiger partial charge >= 0.3 is 0 Å². The van der Waals surface area contributed by atoms with Crippen molar-refractivity contribution in [2.75, 3.05) is 7.05 Å². The van der Waals surface area contributed by atoms with Gasteiger partial charge in [0.25, 0.3) is 0 Å². The van der Waals surface area contributed by atoms with Crippen LogP contribution in [0, 0.1) is 0 Å². The minimum absolute atomic E-state index is 0.584. The van der Waals surface area contributed by atoms with Gasteiger partial charge in [-0.15, -0.1) is 13.2 Å². The van der Waals surface area contributed by atoms with Crippen LogP contribution in [0.4, 0.5) is 0 Å². The molecule has 0 aromatic heterocycles. The van der Waals surface area contributed by atoms with Gasteiger partial charge in [0.2, 0.25) is 0 Å². The highest BCUT2D eigenvalue weighted by Gasteiger charge is 1.91. The Labute approximate surface area is 73.4 Å². The first-order chi connectivity index (χ1) is 5.84. The highest BCUT2D eigenvalue weighted by atomic mass is 14.8. The lowest BCUT2D eigenvalue weighted by Crippen LogP contribution is -2.12. The van der Waals surface area contributed by atoms with Gasteiger partial charge in [-0.25, -0.2) is 0 Å². The van der Waals surface area contributed by atoms with Crippen LogP contribution in [-0.2, 0) is 0 Å². The van der Waals surface area contributed by atoms with Crippen LogP contribution in [0.25, 0.3) is 0 Å². The third-order valence-electron chi connectivity index (χ3n) is 1.31. The van der Waals surface area contributed by atoms with Crippen molar-refractivity contribution in [1.29, 1.82) is 0 Å². The number of rotatable bonds is 1. The van der Waals surface area contributed by atoms with Gasteiger partial charge in [0, 0.05) is 12.6 Å². The quantitative estimate of drug-likeness (QED) is 0.382. The lowest BCUT2D eigenvalue weighted by Gasteiger charge is -1.95. The van der Waals surface area contributed by atoms with E-state index in [4.69, 9.17) is 5.73 Å². The zero-order valence-corrected chi connectivity index (χ0v) is 7.33. The summed E-state index contributed by atoms with van der Waals surface area (Å²) in [6.07, 6.45) is 0. The molecule has 0 spiro atoms. The fourth-order valence-corrected chi connectivity index (χ4v) is 0.738. The molecule has 0 radical (unpaired) electrons. The third kappa shape index (κ3) is 3.01. The molecule has 0 aliphatic heterocycles. The van der Waals surface area contributed by atoms with E-state index >= 15 is 0 Å². The average Bonchev–Trinajstić information content (AvgIpc) is 2.21. The molecule has 12 heavy (non-hydrogen) atoms. The number of nitrogens with zero attached hydrogens (tertiary/aromatic N) is 1. The van der Waals surface area contributed by atoms with Crippen LogP contribution in [0.3, 0.4) is 0 Å². The van der Waals surface area contributed by atoms with Crippen LogP contribution >= 0.6 is 0 Å². The third-order valence-corrected chi connectivity index (χ3v) is 1.31. The summed E-state index contributed by atoms with van der Waals surface area (Å²) >= 11 is 0. The first-order valence-electron chi connectivity index (χ1n) is 3.62. The summed E-state index contributed by atoms with van der Waals surface area (Å²) < 4.78 is 0. The van der Waals surface area contributed by atoms with Crippen molar-refractivity contribution in [3.8, 4) is 0 Å². The Bertz CT molecular complexity index is 239. The van der Waals surface area contributed by atoms with Crippen molar-refractivity contribution in [2.45, 2.75) is 0 Å². The smallest absolute Gasteiger partial charge is 0.125 e. The van der Waals surface area contributed by atoms with E-state index in [1.165, 1.54) is 0 Å². The maximum atomic E-state index is 5.54. The predicted molar refractivity (Wildman–Crippen MR) is 54.3 cm³/mol. The number of hydrogen-bond acceptors (Lipinski definition) is 1. The van der Waals surface area contributed by atoms with E-state index in [9.17, 15) is 0 Å². The Hall–Kier alpha value is -1.57. The van der Waals surface area contributed by atoms with Gasteiger partial charge in [0.05, 0.1) is 0 Å². The maximum Gasteiger partial charge on any atom is 0.125 e. The summed E-state index contributed by atoms with van der Waals surface area (Å²) in [6.45, 7) is 6.00. The molecule has 0 aliphatic rings. The van der Waals surface area contributed by atoms with E-state index in [1.807, 2.05) is 30.3 Å². The molecule has 64 valence electrons. The number of benzene rings is 1. The lowest BCUT2D eigenvalue weighted by atomic mass is 10.2. The monoisotopic (exact) mass is 162 g/mol. The van der Waals surface area contributed by atoms with Crippen molar-refractivity contribution < 1.29 is 0 Å². The molecule has 0 saturated carbocycles. The summed E-state index contributed by atoms with van der Waals surface area (Å²) in [6, 6.07) is 9.69. The van der Waals surface area contributed by atoms with Gasteiger partial charge in [-0.3, -0.25) is 4.99 Å². The Morgan fingerprint density at radius 2 is 1.75 bits per heavy atom. The molecule has 0 saturated heterocycles. The molecule has 0 heterocycles. The van der Waals surface area contributed by atoms with Crippen molar-refractivity contribution in [3.63, 3.8) is 0 Å². The second kappa shape index (κ2) is 6.16. The Morgan fingerprint density at radius 1 is 1.25 bits per heavy atom. The maximum absolute atomic E-state index is 5.54. The molecule has 0 aliphatic carbocycles. The van der Waals surface area contributed by atoms with Crippen LogP contribution < -0.4 is 5.73 Å². The van der Waals surface area contributed by atoms with Gasteiger partial charge in [-0.2, -0.15) is 0 Å². The van der Waals surface area contributed by atoms with Crippen LogP contribution in [0.15, 0.2) is 48.5 Å². The fraction of sp³-hybridized carbons (Fsp3) is 0.100. The summed E-state index contributed by atoms with van der Waals surface area (Å²) in [5.41, 5.74) is 6.52. The minimum Gasteiger partial charge on any atom is -0.384 e. The van der Waals surface area contributed by atoms with Crippen LogP contribution in [0.2, 0.25) is 0 Å². The molecule has 0 bridgehead atoms. The molecule has 2 N–H and O–H groups in total. The molecular formula is C10H14N2. The van der Waals surface area contributed by atoms with Crippen molar-refractivity contribution in [2.24, 2.45) is 10.7 Å². The van der Waals surface area contributed by atoms with Crippen molar-refractivity contribution >= 4 is 5.84 Å². The Kier molecular flexibility index (Phi) is 5.35. The predicted octanol–water partition coefficient (Wildman–Crippen LogP) is 1.82. The zero-order valence-electron chi connectivity index (χ0n) is 7.33. The van der Waals surface area contributed by atoms with E-state index in [1.54, 1.807) is 7.05 Å². The summed E-state index contributed by atoms with van der Waals surface area (Å²) in [4.78, 5) is 3.85. The first-order valence-corrected chi connectivity index (χ1v) is 3.62. The van der Waals surface area contributed by atoms with Gasteiger partial charge < -0.3 is 5.73 Å². The highest BCUT2D eigenvalue weighted by Crippen LogP contribution is 1.96. The highest BCUT2D eigenvalue weighted by molar-refractivity contribution is 5.97. The second-order valence-corrected chi connectivity index (χ2v) is 1.97. The standard InChI is InChI=1S/C8H10N2.C2H4/c1-10-8(9)7-5-3-2-4-6-7;1-2/h2-6H,1H3,(H2,9,10);1-2H2. The molecule has 0 atom stereocenters. The topological polar surface area (TPSA) is 38.4 Å². The number of aliphatic imine (C=N–C) groups is 1. The van der Waals surface area contributed by atoms with E-state index in [2.05, 4.69) is 18.2 Å². The molecule has 2 nitrogen and oxygen atoms in total. The Balaban J connectivity index is 0.000000561. The molecule has 0 fully saturated rings. The Morgan fingerprint density at radius 3 is 2.17 bits per heavy atom. The summed E-state index contributed by atoms with van der Waals surface area (Å²) in [5.74, 6) is 0.584. The van der Waals surface area contributed by atoms with Gasteiger partial charge in [0.1, 0.15) is 5.84 Å². The largest absolute Gasteiger partial charge is 0.384 e. The molecule has 2 heteroatoms. The number of hydrogen-bond donors (Lipinski definition) is 1. The van der Waals surface area contributed by atoms with Crippen LogP contribution in [0.1, 0.15) is 5.56 Å². The van der Waals surface area contributed by atoms with Crippen LogP contribution in [0.5, 0.6) is 0 Å². The van der Waals surface area contributed by atoms with Gasteiger partial charge in [-0.05, 0) is 0 Å². The average molecular weight is 162 g/mol. The normalized spacial score (nSPS) is 9.92. The van der Waals surface area contributed by atoms with E-state index in [-0.39, 0.29) is 0 Å². The molecule has 1 rings (SSSR count). The molecule has 0 amide bonds. The minimum atomic E-state index is 0.584. The summed E-state index contributed by atoms with van der Waals surface area (Å²) in [7, 11) is 1.68. The molecule has 0 unspecified atom stereocenters. The van der Waals surface area contributed by atoms with Crippen molar-refractivity contribution in [1.82, 2.24) is 0 Å². The molecule has 1 aromatic carbocycles. The van der Waals surface area contributed by atoms with Gasteiger partial charge in [0.15, 0.2) is 0 Å². The molecular weight excluding hydrogens is 148 g/mol. The number of amidine groups is 1. The zero-order chi connectivity index (χ0) is 9.40. The SMILES string of the molecule is C=C.CN=C(N)c1ccccc1. The van der Waals surface area contributed by atoms with Gasteiger partial charge in [-0.1, -0.05) is 30.3 Å². The van der Waals surface area contributed by atoms with E-state index < -0.39 is 0 Å².